The van der Waals surface area contributed by atoms with Crippen LogP contribution in [0.5, 0.6) is 0 Å². The second kappa shape index (κ2) is 12.4. The van der Waals surface area contributed by atoms with E-state index in [0.29, 0.717) is 35.3 Å². The quantitative estimate of drug-likeness (QED) is 0.476. The van der Waals surface area contributed by atoms with Crippen LogP contribution in [-0.4, -0.2) is 78.8 Å². The summed E-state index contributed by atoms with van der Waals surface area (Å²) in [6, 6.07) is 13.4. The third kappa shape index (κ3) is 6.74. The predicted molar refractivity (Wildman–Crippen MR) is 149 cm³/mol. The van der Waals surface area contributed by atoms with E-state index in [2.05, 4.69) is 4.90 Å². The first kappa shape index (κ1) is 30.2. The maximum Gasteiger partial charge on any atom is 0.426 e. The molecule has 4 rings (SSSR count). The number of amides is 2. The highest BCUT2D eigenvalue weighted by molar-refractivity contribution is 6.34. The van der Waals surface area contributed by atoms with Crippen LogP contribution in [0.15, 0.2) is 48.5 Å². The summed E-state index contributed by atoms with van der Waals surface area (Å²) in [7, 11) is 3.38. The van der Waals surface area contributed by atoms with Crippen LogP contribution in [0.4, 0.5) is 18.9 Å². The predicted octanol–water partition coefficient (Wildman–Crippen LogP) is 5.42. The lowest BCUT2D eigenvalue weighted by atomic mass is 9.82. The normalized spacial score (nSPS) is 18.9. The Morgan fingerprint density at radius 1 is 0.950 bits per heavy atom. The van der Waals surface area contributed by atoms with Crippen molar-refractivity contribution in [3.8, 4) is 0 Å². The minimum absolute atomic E-state index is 0.137. The van der Waals surface area contributed by atoms with E-state index in [1.807, 2.05) is 12.1 Å². The Bertz CT molecular complexity index is 1180. The lowest BCUT2D eigenvalue weighted by molar-refractivity contribution is -0.256. The molecule has 0 saturated carbocycles. The van der Waals surface area contributed by atoms with Crippen molar-refractivity contribution in [1.82, 2.24) is 9.80 Å². The standard InChI is InChI=1S/C30H37ClF3N3O3/c1-35(2)27(38)25-9-8-24(19-26(25)31)36-14-10-21(11-15-36)18-22-12-16-37(17-13-22)28(39)29(40,30(32,33)34)20-23-6-4-3-5-7-23/h3-9,19,21-22,40H,10-18,20H2,1-2H3. The molecule has 2 saturated heterocycles. The molecule has 10 heteroatoms. The average molecular weight is 580 g/mol. The maximum atomic E-state index is 13.9. The molecule has 2 heterocycles. The first-order valence-electron chi connectivity index (χ1n) is 13.8. The summed E-state index contributed by atoms with van der Waals surface area (Å²) in [5.41, 5.74) is -1.71. The lowest BCUT2D eigenvalue weighted by Crippen LogP contribution is -2.60. The molecule has 1 atom stereocenters. The first-order valence-corrected chi connectivity index (χ1v) is 14.2. The van der Waals surface area contributed by atoms with Gasteiger partial charge in [0.15, 0.2) is 0 Å². The number of anilines is 1. The van der Waals surface area contributed by atoms with E-state index in [1.165, 1.54) is 21.9 Å². The van der Waals surface area contributed by atoms with Crippen LogP contribution in [0.3, 0.4) is 0 Å². The van der Waals surface area contributed by atoms with Gasteiger partial charge >= 0.3 is 6.18 Å². The number of piperidine rings is 2. The number of nitrogens with zero attached hydrogens (tertiary/aromatic N) is 3. The largest absolute Gasteiger partial charge is 0.426 e. The van der Waals surface area contributed by atoms with Crippen molar-refractivity contribution in [2.24, 2.45) is 11.8 Å². The van der Waals surface area contributed by atoms with Gasteiger partial charge in [-0.05, 0) is 67.7 Å². The number of likely N-dealkylation sites (tertiary alicyclic amines) is 1. The summed E-state index contributed by atoms with van der Waals surface area (Å²) in [4.78, 5) is 30.2. The molecule has 40 heavy (non-hydrogen) atoms. The maximum absolute atomic E-state index is 13.9. The van der Waals surface area contributed by atoms with Crippen molar-refractivity contribution in [3.05, 3.63) is 64.7 Å². The first-order chi connectivity index (χ1) is 18.9. The fraction of sp³-hybridized carbons (Fsp3) is 0.533. The van der Waals surface area contributed by atoms with Crippen molar-refractivity contribution < 1.29 is 27.9 Å². The second-order valence-electron chi connectivity index (χ2n) is 11.3. The van der Waals surface area contributed by atoms with Gasteiger partial charge in [-0.1, -0.05) is 41.9 Å². The topological polar surface area (TPSA) is 64.1 Å². The Labute approximate surface area is 238 Å². The second-order valence-corrected chi connectivity index (χ2v) is 11.7. The number of carbonyl (C=O) groups excluding carboxylic acids is 2. The molecule has 2 aliphatic rings. The Morgan fingerprint density at radius 2 is 1.52 bits per heavy atom. The lowest BCUT2D eigenvalue weighted by Gasteiger charge is -2.40. The number of halogens is 4. The van der Waals surface area contributed by atoms with Gasteiger partial charge in [0.05, 0.1) is 10.6 Å². The van der Waals surface area contributed by atoms with Gasteiger partial charge in [0.2, 0.25) is 5.60 Å². The third-order valence-corrected chi connectivity index (χ3v) is 8.58. The van der Waals surface area contributed by atoms with Gasteiger partial charge in [0.25, 0.3) is 11.8 Å². The molecule has 1 N–H and O–H groups in total. The fourth-order valence-corrected chi connectivity index (χ4v) is 6.09. The Kier molecular flexibility index (Phi) is 9.35. The van der Waals surface area contributed by atoms with Gasteiger partial charge in [0.1, 0.15) is 0 Å². The molecule has 2 fully saturated rings. The molecule has 1 unspecified atom stereocenters. The molecule has 2 aromatic carbocycles. The number of rotatable bonds is 7. The van der Waals surface area contributed by atoms with Gasteiger partial charge in [-0.2, -0.15) is 13.2 Å². The summed E-state index contributed by atoms with van der Waals surface area (Å²) >= 11 is 6.39. The molecule has 218 valence electrons. The number of hydrogen-bond donors (Lipinski definition) is 1. The van der Waals surface area contributed by atoms with E-state index in [-0.39, 0.29) is 24.6 Å². The SMILES string of the molecule is CN(C)C(=O)c1ccc(N2CCC(CC3CCN(C(=O)C(O)(Cc4ccccc4)C(F)(F)F)CC3)CC2)cc1Cl. The van der Waals surface area contributed by atoms with Gasteiger partial charge < -0.3 is 19.8 Å². The number of aliphatic hydroxyl groups is 1. The zero-order valence-electron chi connectivity index (χ0n) is 23.0. The van der Waals surface area contributed by atoms with Crippen LogP contribution in [0.25, 0.3) is 0 Å². The molecule has 0 bridgehead atoms. The Balaban J connectivity index is 1.28. The minimum atomic E-state index is -5.07. The molecular weight excluding hydrogens is 543 g/mol. The average Bonchev–Trinajstić information content (AvgIpc) is 2.93. The summed E-state index contributed by atoms with van der Waals surface area (Å²) in [5, 5.41) is 11.0. The van der Waals surface area contributed by atoms with Crippen molar-refractivity contribution in [1.29, 1.82) is 0 Å². The molecule has 0 spiro atoms. The van der Waals surface area contributed by atoms with Crippen molar-refractivity contribution >= 4 is 29.1 Å². The Morgan fingerprint density at radius 3 is 2.05 bits per heavy atom. The number of benzene rings is 2. The summed E-state index contributed by atoms with van der Waals surface area (Å²) in [6.07, 6.45) is -1.67. The summed E-state index contributed by atoms with van der Waals surface area (Å²) < 4.78 is 41.8. The molecule has 6 nitrogen and oxygen atoms in total. The van der Waals surface area contributed by atoms with E-state index < -0.39 is 24.1 Å². The van der Waals surface area contributed by atoms with Crippen LogP contribution in [0, 0.1) is 11.8 Å². The van der Waals surface area contributed by atoms with E-state index in [9.17, 15) is 27.9 Å². The molecule has 2 aliphatic heterocycles. The molecular formula is C30H37ClF3N3O3. The van der Waals surface area contributed by atoms with Crippen LogP contribution in [0.2, 0.25) is 5.02 Å². The van der Waals surface area contributed by atoms with Gasteiger partial charge in [-0.15, -0.1) is 0 Å². The number of alkyl halides is 3. The van der Waals surface area contributed by atoms with Crippen LogP contribution in [-0.2, 0) is 11.2 Å². The van der Waals surface area contributed by atoms with Gasteiger partial charge in [-0.3, -0.25) is 9.59 Å². The van der Waals surface area contributed by atoms with Crippen molar-refractivity contribution in [3.63, 3.8) is 0 Å². The Hall–Kier alpha value is -2.78. The monoisotopic (exact) mass is 579 g/mol. The number of hydrogen-bond acceptors (Lipinski definition) is 4. The zero-order valence-corrected chi connectivity index (χ0v) is 23.7. The molecule has 0 radical (unpaired) electrons. The van der Waals surface area contributed by atoms with Crippen LogP contribution >= 0.6 is 11.6 Å². The van der Waals surface area contributed by atoms with Crippen LogP contribution < -0.4 is 4.90 Å². The van der Waals surface area contributed by atoms with Crippen molar-refractivity contribution in [2.45, 2.75) is 50.3 Å². The summed E-state index contributed by atoms with van der Waals surface area (Å²) in [6.45, 7) is 2.15. The molecule has 2 amide bonds. The van der Waals surface area contributed by atoms with E-state index in [1.54, 1.807) is 38.4 Å². The molecule has 2 aromatic rings. The van der Waals surface area contributed by atoms with E-state index >= 15 is 0 Å². The highest BCUT2D eigenvalue weighted by Gasteiger charge is 2.60. The highest BCUT2D eigenvalue weighted by Crippen LogP contribution is 2.37. The third-order valence-electron chi connectivity index (χ3n) is 8.26. The van der Waals surface area contributed by atoms with E-state index in [4.69, 9.17) is 11.6 Å². The summed E-state index contributed by atoms with van der Waals surface area (Å²) in [5.74, 6) is -0.562. The van der Waals surface area contributed by atoms with Crippen LogP contribution in [0.1, 0.15) is 48.0 Å². The highest BCUT2D eigenvalue weighted by atomic mass is 35.5. The van der Waals surface area contributed by atoms with E-state index in [0.717, 1.165) is 38.0 Å². The van der Waals surface area contributed by atoms with Gasteiger partial charge in [-0.25, -0.2) is 0 Å². The fourth-order valence-electron chi connectivity index (χ4n) is 5.84. The van der Waals surface area contributed by atoms with Crippen molar-refractivity contribution in [2.75, 3.05) is 45.2 Å². The zero-order chi connectivity index (χ0) is 29.1. The van der Waals surface area contributed by atoms with Gasteiger partial charge in [0, 0.05) is 52.4 Å². The smallest absolute Gasteiger partial charge is 0.372 e. The minimum Gasteiger partial charge on any atom is -0.372 e. The number of carbonyl (C=O) groups is 2. The molecule has 0 aliphatic carbocycles. The molecule has 0 aromatic heterocycles.